The number of nitro benzene ring substituents is 1. The van der Waals surface area contributed by atoms with Gasteiger partial charge in [0.1, 0.15) is 11.6 Å². The van der Waals surface area contributed by atoms with Gasteiger partial charge in [0.2, 0.25) is 0 Å². The summed E-state index contributed by atoms with van der Waals surface area (Å²) in [4.78, 5) is 25.4. The van der Waals surface area contributed by atoms with Crippen LogP contribution in [0.5, 0.6) is 0 Å². The molecule has 116 valence electrons. The van der Waals surface area contributed by atoms with E-state index in [1.165, 1.54) is 18.2 Å². The number of H-pyrrole nitrogens is 1. The molecule has 6 nitrogen and oxygen atoms in total. The van der Waals surface area contributed by atoms with Gasteiger partial charge in [0.15, 0.2) is 0 Å². The number of rotatable bonds is 3. The number of nitro groups is 1. The van der Waals surface area contributed by atoms with Gasteiger partial charge < -0.3 is 4.98 Å². The summed E-state index contributed by atoms with van der Waals surface area (Å²) in [7, 11) is 0. The second kappa shape index (κ2) is 6.18. The van der Waals surface area contributed by atoms with Crippen LogP contribution in [0.1, 0.15) is 5.56 Å². The summed E-state index contributed by atoms with van der Waals surface area (Å²) in [6.45, 7) is 0. The van der Waals surface area contributed by atoms with Crippen LogP contribution in [0.2, 0.25) is 0 Å². The highest BCUT2D eigenvalue weighted by Gasteiger charge is 2.14. The highest BCUT2D eigenvalue weighted by atomic mass is 16.6. The number of hydrogen-bond acceptors (Lipinski definition) is 4. The van der Waals surface area contributed by atoms with Gasteiger partial charge in [0.25, 0.3) is 11.2 Å². The van der Waals surface area contributed by atoms with Gasteiger partial charge in [-0.1, -0.05) is 42.5 Å². The molecule has 1 heterocycles. The molecule has 0 bridgehead atoms. The van der Waals surface area contributed by atoms with Gasteiger partial charge in [-0.15, -0.1) is 0 Å². The molecule has 0 atom stereocenters. The van der Waals surface area contributed by atoms with Crippen molar-refractivity contribution in [1.82, 2.24) is 4.98 Å². The molecule has 0 unspecified atom stereocenters. The predicted molar refractivity (Wildman–Crippen MR) is 89.3 cm³/mol. The van der Waals surface area contributed by atoms with Crippen molar-refractivity contribution in [3.05, 3.63) is 86.7 Å². The molecule has 0 saturated carbocycles. The van der Waals surface area contributed by atoms with Crippen molar-refractivity contribution >= 4 is 5.69 Å². The lowest BCUT2D eigenvalue weighted by Gasteiger charge is -2.08. The van der Waals surface area contributed by atoms with Crippen molar-refractivity contribution < 1.29 is 4.92 Å². The third-order valence-corrected chi connectivity index (χ3v) is 3.60. The van der Waals surface area contributed by atoms with Crippen LogP contribution in [0.3, 0.4) is 0 Å². The fraction of sp³-hybridized carbons (Fsp3) is 0. The molecule has 0 aliphatic carbocycles. The Labute approximate surface area is 136 Å². The maximum absolute atomic E-state index is 12.2. The minimum atomic E-state index is -0.527. The molecule has 0 fully saturated rings. The second-order valence-electron chi connectivity index (χ2n) is 5.09. The number of nitrogens with one attached hydrogen (secondary N) is 1. The lowest BCUT2D eigenvalue weighted by atomic mass is 9.99. The van der Waals surface area contributed by atoms with E-state index in [1.807, 2.05) is 36.4 Å². The van der Waals surface area contributed by atoms with Crippen molar-refractivity contribution in [2.75, 3.05) is 0 Å². The summed E-state index contributed by atoms with van der Waals surface area (Å²) in [6.07, 6.45) is 0. The first-order valence-corrected chi connectivity index (χ1v) is 7.08. The summed E-state index contributed by atoms with van der Waals surface area (Å²) in [5.74, 6) is 0. The van der Waals surface area contributed by atoms with E-state index in [0.717, 1.165) is 5.56 Å². The Hall–Kier alpha value is -3.72. The van der Waals surface area contributed by atoms with Crippen molar-refractivity contribution in [2.45, 2.75) is 0 Å². The molecule has 1 N–H and O–H groups in total. The van der Waals surface area contributed by atoms with E-state index >= 15 is 0 Å². The highest BCUT2D eigenvalue weighted by Crippen LogP contribution is 2.28. The van der Waals surface area contributed by atoms with Crippen LogP contribution in [0.4, 0.5) is 5.69 Å². The van der Waals surface area contributed by atoms with Crippen LogP contribution in [0.25, 0.3) is 22.4 Å². The van der Waals surface area contributed by atoms with Crippen LogP contribution in [0, 0.1) is 21.4 Å². The number of nitrogens with zero attached hydrogens (tertiary/aromatic N) is 2. The molecule has 24 heavy (non-hydrogen) atoms. The highest BCUT2D eigenvalue weighted by molar-refractivity contribution is 5.76. The van der Waals surface area contributed by atoms with E-state index in [2.05, 4.69) is 4.98 Å². The average Bonchev–Trinajstić information content (AvgIpc) is 2.62. The Morgan fingerprint density at radius 2 is 1.71 bits per heavy atom. The smallest absolute Gasteiger partial charge is 0.270 e. The molecule has 1 aromatic heterocycles. The first-order valence-electron chi connectivity index (χ1n) is 7.08. The van der Waals surface area contributed by atoms with Crippen molar-refractivity contribution in [3.8, 4) is 28.5 Å². The maximum Gasteiger partial charge on any atom is 0.270 e. The zero-order chi connectivity index (χ0) is 17.1. The summed E-state index contributed by atoms with van der Waals surface area (Å²) >= 11 is 0. The van der Waals surface area contributed by atoms with Gasteiger partial charge in [0, 0.05) is 23.4 Å². The summed E-state index contributed by atoms with van der Waals surface area (Å²) < 4.78 is 0. The van der Waals surface area contributed by atoms with E-state index in [0.29, 0.717) is 16.8 Å². The van der Waals surface area contributed by atoms with Crippen LogP contribution in [-0.2, 0) is 0 Å². The number of non-ortho nitro benzene ring substituents is 1. The fourth-order valence-electron chi connectivity index (χ4n) is 2.46. The molecule has 0 aliphatic rings. The Morgan fingerprint density at radius 1 is 1.00 bits per heavy atom. The molecule has 0 radical (unpaired) electrons. The van der Waals surface area contributed by atoms with E-state index < -0.39 is 10.5 Å². The second-order valence-corrected chi connectivity index (χ2v) is 5.09. The summed E-state index contributed by atoms with van der Waals surface area (Å²) in [5.41, 5.74) is 1.44. The average molecular weight is 317 g/mol. The van der Waals surface area contributed by atoms with Gasteiger partial charge in [-0.3, -0.25) is 14.9 Å². The molecule has 3 aromatic rings. The molecule has 0 saturated heterocycles. The maximum atomic E-state index is 12.2. The van der Waals surface area contributed by atoms with Gasteiger partial charge in [-0.05, 0) is 17.2 Å². The van der Waals surface area contributed by atoms with E-state index in [-0.39, 0.29) is 11.3 Å². The van der Waals surface area contributed by atoms with Gasteiger partial charge in [0.05, 0.1) is 4.92 Å². The van der Waals surface area contributed by atoms with Gasteiger partial charge in [-0.25, -0.2) is 0 Å². The minimum Gasteiger partial charge on any atom is -0.321 e. The number of benzene rings is 2. The molecule has 2 aromatic carbocycles. The van der Waals surface area contributed by atoms with Crippen LogP contribution < -0.4 is 5.56 Å². The third-order valence-electron chi connectivity index (χ3n) is 3.60. The Morgan fingerprint density at radius 3 is 2.38 bits per heavy atom. The number of nitriles is 1. The SMILES string of the molecule is N#Cc1c(-c2cccc([N+](=O)[O-])c2)cc(-c2ccccc2)[nH]c1=O. The van der Waals surface area contributed by atoms with E-state index in [1.54, 1.807) is 12.1 Å². The molecule has 0 amide bonds. The molecule has 3 rings (SSSR count). The summed E-state index contributed by atoms with van der Waals surface area (Å²) in [6, 6.07) is 18.6. The summed E-state index contributed by atoms with van der Waals surface area (Å²) in [5, 5.41) is 20.3. The first kappa shape index (κ1) is 15.2. The number of aromatic amines is 1. The Bertz CT molecular complexity index is 1020. The molecule has 0 aliphatic heterocycles. The fourth-order valence-corrected chi connectivity index (χ4v) is 2.46. The van der Waals surface area contributed by atoms with Crippen molar-refractivity contribution in [3.63, 3.8) is 0 Å². The molecule has 6 heteroatoms. The van der Waals surface area contributed by atoms with Crippen molar-refractivity contribution in [1.29, 1.82) is 5.26 Å². The topological polar surface area (TPSA) is 99.8 Å². The first-order chi connectivity index (χ1) is 11.6. The van der Waals surface area contributed by atoms with E-state index in [4.69, 9.17) is 0 Å². The Balaban J connectivity index is 2.25. The molecule has 0 spiro atoms. The number of pyridine rings is 1. The van der Waals surface area contributed by atoms with Crippen LogP contribution in [-0.4, -0.2) is 9.91 Å². The monoisotopic (exact) mass is 317 g/mol. The standard InChI is InChI=1S/C18H11N3O3/c19-11-16-15(13-7-4-8-14(9-13)21(23)24)10-17(20-18(16)22)12-5-2-1-3-6-12/h1-10H,(H,20,22). The number of hydrogen-bond donors (Lipinski definition) is 1. The number of aromatic nitrogens is 1. The molecular weight excluding hydrogens is 306 g/mol. The molecular formula is C18H11N3O3. The zero-order valence-corrected chi connectivity index (χ0v) is 12.4. The zero-order valence-electron chi connectivity index (χ0n) is 12.4. The van der Waals surface area contributed by atoms with Gasteiger partial charge in [-0.2, -0.15) is 5.26 Å². The largest absolute Gasteiger partial charge is 0.321 e. The normalized spacial score (nSPS) is 10.1. The third kappa shape index (κ3) is 2.78. The van der Waals surface area contributed by atoms with Crippen molar-refractivity contribution in [2.24, 2.45) is 0 Å². The predicted octanol–water partition coefficient (Wildman–Crippen LogP) is 3.49. The van der Waals surface area contributed by atoms with E-state index in [9.17, 15) is 20.2 Å². The van der Waals surface area contributed by atoms with Crippen LogP contribution in [0.15, 0.2) is 65.5 Å². The quantitative estimate of drug-likeness (QED) is 0.590. The van der Waals surface area contributed by atoms with Gasteiger partial charge >= 0.3 is 0 Å². The minimum absolute atomic E-state index is 0.0739. The Kier molecular flexibility index (Phi) is 3.91. The lowest BCUT2D eigenvalue weighted by molar-refractivity contribution is -0.384. The lowest BCUT2D eigenvalue weighted by Crippen LogP contribution is -2.12. The van der Waals surface area contributed by atoms with Crippen LogP contribution >= 0.6 is 0 Å².